The van der Waals surface area contributed by atoms with Gasteiger partial charge in [0.05, 0.1) is 0 Å². The van der Waals surface area contributed by atoms with Crippen molar-refractivity contribution in [1.29, 1.82) is 0 Å². The summed E-state index contributed by atoms with van der Waals surface area (Å²) in [7, 11) is 0. The van der Waals surface area contributed by atoms with E-state index in [-0.39, 0.29) is 5.82 Å². The number of nitrogens with one attached hydrogen (secondary N) is 1. The highest BCUT2D eigenvalue weighted by Crippen LogP contribution is 2.07. The molecule has 0 atom stereocenters. The zero-order valence-corrected chi connectivity index (χ0v) is 10.9. The second-order valence-electron chi connectivity index (χ2n) is 4.54. The van der Waals surface area contributed by atoms with Gasteiger partial charge in [0, 0.05) is 13.1 Å². The van der Waals surface area contributed by atoms with Gasteiger partial charge in [0.1, 0.15) is 5.82 Å². The summed E-state index contributed by atoms with van der Waals surface area (Å²) in [6.45, 7) is 2.12. The molecule has 3 heteroatoms. The molecule has 0 aromatic heterocycles. The average Bonchev–Trinajstić information content (AvgIpc) is 2.46. The molecule has 100 valence electrons. The molecule has 0 heterocycles. The number of rotatable bonds is 6. The molecule has 0 bridgehead atoms. The molecule has 3 N–H and O–H groups in total. The van der Waals surface area contributed by atoms with Crippen LogP contribution < -0.4 is 11.1 Å². The SMILES string of the molecule is NCc1ccc(CNCCc2ccccc2F)cc1. The van der Waals surface area contributed by atoms with Crippen molar-refractivity contribution in [2.24, 2.45) is 5.73 Å². The van der Waals surface area contributed by atoms with E-state index in [4.69, 9.17) is 5.73 Å². The summed E-state index contributed by atoms with van der Waals surface area (Å²) < 4.78 is 13.4. The number of nitrogens with two attached hydrogens (primary N) is 1. The number of benzene rings is 2. The Bertz CT molecular complexity index is 508. The molecule has 0 fully saturated rings. The van der Waals surface area contributed by atoms with Crippen LogP contribution in [-0.2, 0) is 19.5 Å². The molecule has 0 amide bonds. The Morgan fingerprint density at radius 1 is 0.947 bits per heavy atom. The Balaban J connectivity index is 1.76. The summed E-state index contributed by atoms with van der Waals surface area (Å²) in [5.74, 6) is -0.128. The first-order chi connectivity index (χ1) is 9.29. The Morgan fingerprint density at radius 3 is 2.32 bits per heavy atom. The Labute approximate surface area is 113 Å². The van der Waals surface area contributed by atoms with E-state index in [1.54, 1.807) is 6.07 Å². The van der Waals surface area contributed by atoms with Crippen LogP contribution in [-0.4, -0.2) is 6.54 Å². The molecule has 2 aromatic rings. The van der Waals surface area contributed by atoms with Crippen LogP contribution in [0.3, 0.4) is 0 Å². The molecule has 0 aliphatic carbocycles. The largest absolute Gasteiger partial charge is 0.326 e. The molecule has 19 heavy (non-hydrogen) atoms. The van der Waals surface area contributed by atoms with Crippen LogP contribution >= 0.6 is 0 Å². The van der Waals surface area contributed by atoms with Gasteiger partial charge < -0.3 is 11.1 Å². The molecule has 2 rings (SSSR count). The maximum absolute atomic E-state index is 13.4. The maximum Gasteiger partial charge on any atom is 0.126 e. The topological polar surface area (TPSA) is 38.0 Å². The molecule has 0 radical (unpaired) electrons. The lowest BCUT2D eigenvalue weighted by Crippen LogP contribution is -2.17. The number of hydrogen-bond acceptors (Lipinski definition) is 2. The average molecular weight is 258 g/mol. The van der Waals surface area contributed by atoms with E-state index in [2.05, 4.69) is 17.4 Å². The summed E-state index contributed by atoms with van der Waals surface area (Å²) in [5.41, 5.74) is 8.65. The van der Waals surface area contributed by atoms with Gasteiger partial charge in [0.25, 0.3) is 0 Å². The van der Waals surface area contributed by atoms with Crippen LogP contribution in [0.25, 0.3) is 0 Å². The van der Waals surface area contributed by atoms with Crippen LogP contribution in [0, 0.1) is 5.82 Å². The molecule has 0 spiro atoms. The fourth-order valence-corrected chi connectivity index (χ4v) is 1.95. The second-order valence-corrected chi connectivity index (χ2v) is 4.54. The molecule has 0 saturated heterocycles. The Kier molecular flexibility index (Phi) is 5.07. The van der Waals surface area contributed by atoms with E-state index >= 15 is 0 Å². The van der Waals surface area contributed by atoms with E-state index in [9.17, 15) is 4.39 Å². The summed E-state index contributed by atoms with van der Waals surface area (Å²) in [6, 6.07) is 15.1. The van der Waals surface area contributed by atoms with Gasteiger partial charge in [0.2, 0.25) is 0 Å². The molecule has 0 aliphatic heterocycles. The Hall–Kier alpha value is -1.71. The molecule has 0 saturated carbocycles. The van der Waals surface area contributed by atoms with E-state index in [0.29, 0.717) is 13.0 Å². The predicted octanol–water partition coefficient (Wildman–Crippen LogP) is 2.62. The van der Waals surface area contributed by atoms with Crippen molar-refractivity contribution in [3.63, 3.8) is 0 Å². The Morgan fingerprint density at radius 2 is 1.63 bits per heavy atom. The molecule has 2 aromatic carbocycles. The highest BCUT2D eigenvalue weighted by molar-refractivity contribution is 5.22. The monoisotopic (exact) mass is 258 g/mol. The van der Waals surface area contributed by atoms with Gasteiger partial charge in [-0.2, -0.15) is 0 Å². The van der Waals surface area contributed by atoms with Gasteiger partial charge in [-0.1, -0.05) is 42.5 Å². The lowest BCUT2D eigenvalue weighted by atomic mass is 10.1. The maximum atomic E-state index is 13.4. The fourth-order valence-electron chi connectivity index (χ4n) is 1.95. The van der Waals surface area contributed by atoms with E-state index in [0.717, 1.165) is 24.2 Å². The summed E-state index contributed by atoms with van der Waals surface area (Å²) in [5, 5.41) is 3.32. The van der Waals surface area contributed by atoms with Crippen LogP contribution in [0.4, 0.5) is 4.39 Å². The summed E-state index contributed by atoms with van der Waals surface area (Å²) >= 11 is 0. The molecule has 2 nitrogen and oxygen atoms in total. The highest BCUT2D eigenvalue weighted by Gasteiger charge is 2.00. The first kappa shape index (κ1) is 13.7. The van der Waals surface area contributed by atoms with E-state index in [1.165, 1.54) is 11.6 Å². The molecule has 0 aliphatic rings. The zero-order valence-electron chi connectivity index (χ0n) is 10.9. The number of hydrogen-bond donors (Lipinski definition) is 2. The second kappa shape index (κ2) is 7.02. The van der Waals surface area contributed by atoms with Crippen molar-refractivity contribution in [3.8, 4) is 0 Å². The van der Waals surface area contributed by atoms with Gasteiger partial charge in [0.15, 0.2) is 0 Å². The first-order valence-corrected chi connectivity index (χ1v) is 6.51. The van der Waals surface area contributed by atoms with E-state index in [1.807, 2.05) is 24.3 Å². The summed E-state index contributed by atoms with van der Waals surface area (Å²) in [4.78, 5) is 0. The van der Waals surface area contributed by atoms with Crippen LogP contribution in [0.15, 0.2) is 48.5 Å². The lowest BCUT2D eigenvalue weighted by molar-refractivity contribution is 0.598. The molecule has 0 unspecified atom stereocenters. The minimum atomic E-state index is -0.128. The highest BCUT2D eigenvalue weighted by atomic mass is 19.1. The van der Waals surface area contributed by atoms with Crippen molar-refractivity contribution >= 4 is 0 Å². The predicted molar refractivity (Wildman–Crippen MR) is 76.1 cm³/mol. The minimum absolute atomic E-state index is 0.128. The third-order valence-corrected chi connectivity index (χ3v) is 3.12. The van der Waals surface area contributed by atoms with E-state index < -0.39 is 0 Å². The van der Waals surface area contributed by atoms with Gasteiger partial charge in [-0.15, -0.1) is 0 Å². The number of halogens is 1. The van der Waals surface area contributed by atoms with Crippen molar-refractivity contribution in [2.45, 2.75) is 19.5 Å². The zero-order chi connectivity index (χ0) is 13.5. The molecular weight excluding hydrogens is 239 g/mol. The van der Waals surface area contributed by atoms with Crippen molar-refractivity contribution in [1.82, 2.24) is 5.32 Å². The lowest BCUT2D eigenvalue weighted by Gasteiger charge is -2.06. The van der Waals surface area contributed by atoms with Crippen molar-refractivity contribution < 1.29 is 4.39 Å². The van der Waals surface area contributed by atoms with Crippen LogP contribution in [0.1, 0.15) is 16.7 Å². The van der Waals surface area contributed by atoms with Crippen molar-refractivity contribution in [2.75, 3.05) is 6.54 Å². The third-order valence-electron chi connectivity index (χ3n) is 3.12. The fraction of sp³-hybridized carbons (Fsp3) is 0.250. The quantitative estimate of drug-likeness (QED) is 0.782. The normalized spacial score (nSPS) is 10.6. The smallest absolute Gasteiger partial charge is 0.126 e. The van der Waals surface area contributed by atoms with Gasteiger partial charge in [-0.05, 0) is 35.7 Å². The summed E-state index contributed by atoms with van der Waals surface area (Å²) in [6.07, 6.45) is 0.702. The van der Waals surface area contributed by atoms with Crippen molar-refractivity contribution in [3.05, 3.63) is 71.0 Å². The standard InChI is InChI=1S/C16H19FN2/c17-16-4-2-1-3-15(16)9-10-19-12-14-7-5-13(11-18)6-8-14/h1-8,19H,9-12,18H2. The third kappa shape index (κ3) is 4.16. The van der Waals surface area contributed by atoms with Gasteiger partial charge in [-0.3, -0.25) is 0 Å². The van der Waals surface area contributed by atoms with Crippen LogP contribution in [0.2, 0.25) is 0 Å². The molecular formula is C16H19FN2. The minimum Gasteiger partial charge on any atom is -0.326 e. The van der Waals surface area contributed by atoms with Gasteiger partial charge >= 0.3 is 0 Å². The van der Waals surface area contributed by atoms with Crippen LogP contribution in [0.5, 0.6) is 0 Å². The first-order valence-electron chi connectivity index (χ1n) is 6.51. The van der Waals surface area contributed by atoms with Gasteiger partial charge in [-0.25, -0.2) is 4.39 Å².